The van der Waals surface area contributed by atoms with E-state index in [2.05, 4.69) is 17.0 Å². The summed E-state index contributed by atoms with van der Waals surface area (Å²) in [6.07, 6.45) is 1.83. The Hall–Kier alpha value is -2.96. The first-order valence-corrected chi connectivity index (χ1v) is 11.5. The highest BCUT2D eigenvalue weighted by Crippen LogP contribution is 2.14. The summed E-state index contributed by atoms with van der Waals surface area (Å²) in [7, 11) is -3.58. The SMILES string of the molecule is CCc1ccc(NC(=O)CCc2ccc(S(=O)(=O)NCc3ccccc3)cc2)cc1. The molecule has 0 saturated carbocycles. The predicted molar refractivity (Wildman–Crippen MR) is 120 cm³/mol. The number of sulfonamides is 1. The van der Waals surface area contributed by atoms with Crippen LogP contribution in [0.4, 0.5) is 5.69 Å². The molecule has 0 bridgehead atoms. The van der Waals surface area contributed by atoms with Gasteiger partial charge in [-0.25, -0.2) is 13.1 Å². The van der Waals surface area contributed by atoms with Crippen molar-refractivity contribution in [2.75, 3.05) is 5.32 Å². The molecule has 0 aliphatic heterocycles. The highest BCUT2D eigenvalue weighted by atomic mass is 32.2. The Bertz CT molecular complexity index is 1060. The normalized spacial score (nSPS) is 11.2. The van der Waals surface area contributed by atoms with E-state index >= 15 is 0 Å². The molecule has 6 heteroatoms. The average molecular weight is 423 g/mol. The second-order valence-corrected chi connectivity index (χ2v) is 8.82. The van der Waals surface area contributed by atoms with Gasteiger partial charge >= 0.3 is 0 Å². The Morgan fingerprint density at radius 3 is 2.07 bits per heavy atom. The number of carbonyl (C=O) groups is 1. The molecule has 0 aliphatic rings. The van der Waals surface area contributed by atoms with Crippen LogP contribution in [0.3, 0.4) is 0 Å². The Morgan fingerprint density at radius 2 is 1.43 bits per heavy atom. The molecule has 0 aliphatic carbocycles. The second kappa shape index (κ2) is 10.2. The van der Waals surface area contributed by atoms with Gasteiger partial charge in [-0.1, -0.05) is 61.5 Å². The monoisotopic (exact) mass is 422 g/mol. The molecule has 3 aromatic carbocycles. The third kappa shape index (κ3) is 6.27. The van der Waals surface area contributed by atoms with Crippen LogP contribution in [-0.4, -0.2) is 14.3 Å². The van der Waals surface area contributed by atoms with E-state index in [1.54, 1.807) is 24.3 Å². The molecule has 0 unspecified atom stereocenters. The molecule has 0 radical (unpaired) electrons. The minimum Gasteiger partial charge on any atom is -0.326 e. The zero-order valence-electron chi connectivity index (χ0n) is 17.0. The van der Waals surface area contributed by atoms with Crippen molar-refractivity contribution in [3.63, 3.8) is 0 Å². The van der Waals surface area contributed by atoms with Crippen LogP contribution >= 0.6 is 0 Å². The molecular formula is C24H26N2O3S. The van der Waals surface area contributed by atoms with Gasteiger partial charge in [-0.15, -0.1) is 0 Å². The molecule has 0 atom stereocenters. The third-order valence-corrected chi connectivity index (χ3v) is 6.25. The smallest absolute Gasteiger partial charge is 0.240 e. The topological polar surface area (TPSA) is 75.3 Å². The Labute approximate surface area is 178 Å². The van der Waals surface area contributed by atoms with E-state index in [0.717, 1.165) is 23.2 Å². The molecular weight excluding hydrogens is 396 g/mol. The standard InChI is InChI=1S/C24H26N2O3S/c1-2-19-8-13-22(14-9-19)26-24(27)17-12-20-10-15-23(16-11-20)30(28,29)25-18-21-6-4-3-5-7-21/h3-11,13-16,25H,2,12,17-18H2,1H3,(H,26,27). The van der Waals surface area contributed by atoms with Gasteiger partial charge < -0.3 is 5.32 Å². The number of benzene rings is 3. The lowest BCUT2D eigenvalue weighted by Crippen LogP contribution is -2.23. The summed E-state index contributed by atoms with van der Waals surface area (Å²) in [4.78, 5) is 12.4. The number of rotatable bonds is 9. The fraction of sp³-hybridized carbons (Fsp3) is 0.208. The van der Waals surface area contributed by atoms with Crippen LogP contribution in [0.5, 0.6) is 0 Å². The van der Waals surface area contributed by atoms with Gasteiger partial charge in [-0.2, -0.15) is 0 Å². The highest BCUT2D eigenvalue weighted by Gasteiger charge is 2.13. The van der Waals surface area contributed by atoms with Crippen LogP contribution < -0.4 is 10.0 Å². The Morgan fingerprint density at radius 1 is 0.800 bits per heavy atom. The number of carbonyl (C=O) groups excluding carboxylic acids is 1. The minimum atomic E-state index is -3.58. The van der Waals surface area contributed by atoms with Crippen LogP contribution in [0.15, 0.2) is 83.8 Å². The molecule has 156 valence electrons. The molecule has 3 rings (SSSR count). The second-order valence-electron chi connectivity index (χ2n) is 7.05. The average Bonchev–Trinajstić information content (AvgIpc) is 2.78. The molecule has 0 spiro atoms. The van der Waals surface area contributed by atoms with Crippen LogP contribution in [0.1, 0.15) is 30.0 Å². The van der Waals surface area contributed by atoms with Gasteiger partial charge in [0, 0.05) is 18.7 Å². The van der Waals surface area contributed by atoms with Gasteiger partial charge in [0.2, 0.25) is 15.9 Å². The molecule has 0 heterocycles. The summed E-state index contributed by atoms with van der Waals surface area (Å²) in [6.45, 7) is 2.33. The summed E-state index contributed by atoms with van der Waals surface area (Å²) in [5, 5.41) is 2.89. The maximum atomic E-state index is 12.5. The number of aryl methyl sites for hydroxylation is 2. The van der Waals surface area contributed by atoms with Crippen LogP contribution in [0, 0.1) is 0 Å². The van der Waals surface area contributed by atoms with Crippen LogP contribution in [0.2, 0.25) is 0 Å². The van der Waals surface area contributed by atoms with Gasteiger partial charge in [-0.3, -0.25) is 4.79 Å². The maximum absolute atomic E-state index is 12.5. The Kier molecular flexibility index (Phi) is 7.38. The number of hydrogen-bond donors (Lipinski definition) is 2. The molecule has 30 heavy (non-hydrogen) atoms. The number of hydrogen-bond acceptors (Lipinski definition) is 3. The predicted octanol–water partition coefficient (Wildman–Crippen LogP) is 4.30. The van der Waals surface area contributed by atoms with Crippen molar-refractivity contribution in [1.29, 1.82) is 0 Å². The largest absolute Gasteiger partial charge is 0.326 e. The van der Waals surface area contributed by atoms with Crippen molar-refractivity contribution in [1.82, 2.24) is 4.72 Å². The number of nitrogens with one attached hydrogen (secondary N) is 2. The van der Waals surface area contributed by atoms with E-state index in [0.29, 0.717) is 12.8 Å². The first-order chi connectivity index (χ1) is 14.5. The van der Waals surface area contributed by atoms with Crippen molar-refractivity contribution >= 4 is 21.6 Å². The molecule has 5 nitrogen and oxygen atoms in total. The lowest BCUT2D eigenvalue weighted by Gasteiger charge is -2.09. The summed E-state index contributed by atoms with van der Waals surface area (Å²) in [5.74, 6) is -0.0690. The van der Waals surface area contributed by atoms with E-state index in [4.69, 9.17) is 0 Å². The quantitative estimate of drug-likeness (QED) is 0.540. The number of amides is 1. The minimum absolute atomic E-state index is 0.0690. The van der Waals surface area contributed by atoms with E-state index in [1.165, 1.54) is 5.56 Å². The van der Waals surface area contributed by atoms with Gasteiger partial charge in [0.05, 0.1) is 4.90 Å². The van der Waals surface area contributed by atoms with Crippen molar-refractivity contribution < 1.29 is 13.2 Å². The zero-order chi connectivity index (χ0) is 21.4. The summed E-state index contributed by atoms with van der Waals surface area (Å²) in [6, 6.07) is 23.8. The first kappa shape index (κ1) is 21.7. The van der Waals surface area contributed by atoms with Gasteiger partial charge in [0.15, 0.2) is 0 Å². The molecule has 0 fully saturated rings. The lowest BCUT2D eigenvalue weighted by atomic mass is 10.1. The summed E-state index contributed by atoms with van der Waals surface area (Å²) < 4.78 is 27.5. The summed E-state index contributed by atoms with van der Waals surface area (Å²) in [5.41, 5.74) is 3.81. The molecule has 2 N–H and O–H groups in total. The van der Waals surface area contributed by atoms with Crippen molar-refractivity contribution in [2.24, 2.45) is 0 Å². The maximum Gasteiger partial charge on any atom is 0.240 e. The van der Waals surface area contributed by atoms with E-state index in [-0.39, 0.29) is 17.3 Å². The van der Waals surface area contributed by atoms with Gasteiger partial charge in [0.25, 0.3) is 0 Å². The van der Waals surface area contributed by atoms with Gasteiger partial charge in [-0.05, 0) is 53.8 Å². The number of anilines is 1. The zero-order valence-corrected chi connectivity index (χ0v) is 17.8. The molecule has 0 saturated heterocycles. The van der Waals surface area contributed by atoms with E-state index in [1.807, 2.05) is 54.6 Å². The first-order valence-electron chi connectivity index (χ1n) is 9.97. The van der Waals surface area contributed by atoms with E-state index in [9.17, 15) is 13.2 Å². The van der Waals surface area contributed by atoms with Crippen molar-refractivity contribution in [2.45, 2.75) is 37.6 Å². The lowest BCUT2D eigenvalue weighted by molar-refractivity contribution is -0.116. The molecule has 3 aromatic rings. The Balaban J connectivity index is 1.51. The highest BCUT2D eigenvalue weighted by molar-refractivity contribution is 7.89. The third-order valence-electron chi connectivity index (χ3n) is 4.83. The van der Waals surface area contributed by atoms with Crippen molar-refractivity contribution in [3.05, 3.63) is 95.6 Å². The molecule has 1 amide bonds. The molecule has 0 aromatic heterocycles. The van der Waals surface area contributed by atoms with Gasteiger partial charge in [0.1, 0.15) is 0 Å². The van der Waals surface area contributed by atoms with Crippen LogP contribution in [0.25, 0.3) is 0 Å². The summed E-state index contributed by atoms with van der Waals surface area (Å²) >= 11 is 0. The van der Waals surface area contributed by atoms with Crippen LogP contribution in [-0.2, 0) is 34.2 Å². The van der Waals surface area contributed by atoms with E-state index < -0.39 is 10.0 Å². The van der Waals surface area contributed by atoms with Crippen molar-refractivity contribution in [3.8, 4) is 0 Å². The fourth-order valence-electron chi connectivity index (χ4n) is 3.00. The fourth-order valence-corrected chi connectivity index (χ4v) is 4.02.